The first-order chi connectivity index (χ1) is 31.5. The summed E-state index contributed by atoms with van der Waals surface area (Å²) in [5.41, 5.74) is 6.65. The number of methoxy groups -OCH3 is 2. The van der Waals surface area contributed by atoms with Crippen LogP contribution in [0.1, 0.15) is 101 Å². The van der Waals surface area contributed by atoms with Crippen molar-refractivity contribution in [2.75, 3.05) is 27.4 Å². The molecular formula is C49H58N8O8. The molecule has 0 spiro atoms. The van der Waals surface area contributed by atoms with Crippen LogP contribution in [-0.2, 0) is 30.4 Å². The van der Waals surface area contributed by atoms with Gasteiger partial charge in [-0.25, -0.2) is 19.6 Å². The van der Waals surface area contributed by atoms with E-state index in [9.17, 15) is 19.2 Å². The number of amides is 4. The highest BCUT2D eigenvalue weighted by molar-refractivity contribution is 6.07. The number of H-pyrrole nitrogens is 2. The number of hydrogen-bond donors (Lipinski definition) is 4. The fraction of sp³-hybridized carbons (Fsp3) is 0.510. The number of hydrogen-bond acceptors (Lipinski definition) is 10. The number of alkyl carbamates (subject to hydrolysis) is 2. The number of rotatable bonds is 9. The van der Waals surface area contributed by atoms with Gasteiger partial charge in [0.05, 0.1) is 49.2 Å². The summed E-state index contributed by atoms with van der Waals surface area (Å²) in [5, 5.41) is 7.63. The summed E-state index contributed by atoms with van der Waals surface area (Å²) in [6, 6.07) is 12.9. The molecule has 0 bridgehead atoms. The molecule has 16 heteroatoms. The smallest absolute Gasteiger partial charge is 0.407 e. The molecule has 1 saturated carbocycles. The summed E-state index contributed by atoms with van der Waals surface area (Å²) in [4.78, 5) is 74.4. The lowest BCUT2D eigenvalue weighted by Gasteiger charge is -2.36. The lowest BCUT2D eigenvalue weighted by molar-refractivity contribution is -0.139. The minimum Gasteiger partial charge on any atom is -0.488 e. The van der Waals surface area contributed by atoms with E-state index >= 15 is 0 Å². The fourth-order valence-electron chi connectivity index (χ4n) is 11.4. The lowest BCUT2D eigenvalue weighted by Crippen LogP contribution is -2.55. The van der Waals surface area contributed by atoms with Crippen LogP contribution in [-0.4, -0.2) is 105 Å². The van der Waals surface area contributed by atoms with Crippen molar-refractivity contribution in [3.63, 3.8) is 0 Å². The summed E-state index contributed by atoms with van der Waals surface area (Å²) in [6.45, 7) is 7.35. The number of nitrogens with zero attached hydrogens (tertiary/aromatic N) is 4. The molecule has 4 N–H and O–H groups in total. The Morgan fingerprint density at radius 3 is 2.42 bits per heavy atom. The normalized spacial score (nSPS) is 23.8. The maximum atomic E-state index is 14.7. The Morgan fingerprint density at radius 2 is 1.63 bits per heavy atom. The SMILES string of the molecule is COC(=O)N[C@H](C(=O)N1[C@@H](C)CC[C@H]1c1ncc(-c2ccc3c(c2)COc2cc4c(ccc5[nH]c([C@@H]6C[C@@H]7CCC[C@@H]7N6C(=O)[C@@H](NC(=O)OC)C6CCOCC6)nc54)cc2-3)[nH]1)C(C)C. The molecular weight excluding hydrogens is 829 g/mol. The summed E-state index contributed by atoms with van der Waals surface area (Å²) in [7, 11) is 2.62. The molecule has 4 aliphatic heterocycles. The molecule has 4 amide bonds. The number of aromatic amines is 2. The molecule has 3 aromatic carbocycles. The van der Waals surface area contributed by atoms with Gasteiger partial charge in [0.15, 0.2) is 0 Å². The van der Waals surface area contributed by atoms with E-state index in [0.29, 0.717) is 44.4 Å². The number of benzene rings is 3. The van der Waals surface area contributed by atoms with Gasteiger partial charge in [-0.15, -0.1) is 0 Å². The first-order valence-electron chi connectivity index (χ1n) is 23.2. The first kappa shape index (κ1) is 42.8. The van der Waals surface area contributed by atoms with Gasteiger partial charge in [-0.05, 0) is 116 Å². The van der Waals surface area contributed by atoms with Gasteiger partial charge >= 0.3 is 12.2 Å². The highest BCUT2D eigenvalue weighted by Crippen LogP contribution is 2.49. The van der Waals surface area contributed by atoms with Crippen LogP contribution in [0.15, 0.2) is 48.7 Å². The van der Waals surface area contributed by atoms with Gasteiger partial charge in [-0.1, -0.05) is 38.5 Å². The average molecular weight is 887 g/mol. The topological polar surface area (TPSA) is 193 Å². The summed E-state index contributed by atoms with van der Waals surface area (Å²) >= 11 is 0. The van der Waals surface area contributed by atoms with Crippen molar-refractivity contribution < 1.29 is 38.1 Å². The minimum atomic E-state index is -0.720. The Bertz CT molecular complexity index is 2650. The predicted octanol–water partition coefficient (Wildman–Crippen LogP) is 7.69. The fourth-order valence-corrected chi connectivity index (χ4v) is 11.4. The van der Waals surface area contributed by atoms with Gasteiger partial charge in [0, 0.05) is 36.2 Å². The zero-order chi connectivity index (χ0) is 45.1. The molecule has 4 fully saturated rings. The minimum absolute atomic E-state index is 0.0171. The molecule has 16 nitrogen and oxygen atoms in total. The number of fused-ring (bicyclic) bond motifs is 7. The molecule has 7 atom stereocenters. The molecule has 3 saturated heterocycles. The standard InChI is InChI=1S/C49H58N8O8/c1-25(2)41(54-48(60)62-4)46(58)56-26(3)9-14-38(56)44-50-23-36(52-44)29-10-12-32-31(19-29)24-65-40-22-33-28(20-34(32)40)11-13-35-43(33)53-45(51-35)39-21-30-7-6-8-37(30)57(39)47(59)42(55-49(61)63-5)27-15-17-64-18-16-27/h10-13,19-20,22-23,25-27,30,37-39,41-42H,6-9,14-18,21,24H2,1-5H3,(H,50,52)(H,51,53)(H,54,60)(H,55,61)/t26-,30-,37-,38-,39-,41-,42-/m0/s1. The molecule has 65 heavy (non-hydrogen) atoms. The van der Waals surface area contributed by atoms with Crippen LogP contribution in [0.5, 0.6) is 5.75 Å². The van der Waals surface area contributed by atoms with E-state index in [1.165, 1.54) is 14.2 Å². The quantitative estimate of drug-likeness (QED) is 0.114. The van der Waals surface area contributed by atoms with Crippen molar-refractivity contribution >= 4 is 45.8 Å². The van der Waals surface area contributed by atoms with Crippen LogP contribution in [0.25, 0.3) is 44.2 Å². The molecule has 5 aliphatic rings. The number of ether oxygens (including phenoxy) is 4. The van der Waals surface area contributed by atoms with E-state index in [1.54, 1.807) is 0 Å². The Morgan fingerprint density at radius 1 is 0.831 bits per heavy atom. The molecule has 0 unspecified atom stereocenters. The zero-order valence-electron chi connectivity index (χ0n) is 37.6. The van der Waals surface area contributed by atoms with Gasteiger partial charge < -0.3 is 49.3 Å². The van der Waals surface area contributed by atoms with Crippen molar-refractivity contribution in [2.24, 2.45) is 17.8 Å². The first-order valence-corrected chi connectivity index (χ1v) is 23.2. The van der Waals surface area contributed by atoms with E-state index < -0.39 is 24.3 Å². The van der Waals surface area contributed by atoms with E-state index in [2.05, 4.69) is 63.1 Å². The van der Waals surface area contributed by atoms with E-state index in [4.69, 9.17) is 28.9 Å². The number of carbonyl (C=O) groups is 4. The Balaban J connectivity index is 0.913. The third kappa shape index (κ3) is 7.72. The second-order valence-electron chi connectivity index (χ2n) is 18.9. The molecule has 6 heterocycles. The Labute approximate surface area is 377 Å². The van der Waals surface area contributed by atoms with Crippen molar-refractivity contribution in [1.82, 2.24) is 40.4 Å². The number of nitrogens with one attached hydrogen (secondary N) is 4. The summed E-state index contributed by atoms with van der Waals surface area (Å²) in [5.74, 6) is 2.22. The van der Waals surface area contributed by atoms with Crippen LogP contribution in [0.4, 0.5) is 9.59 Å². The third-order valence-corrected chi connectivity index (χ3v) is 14.8. The molecule has 0 radical (unpaired) electrons. The Hall–Kier alpha value is -6.16. The largest absolute Gasteiger partial charge is 0.488 e. The molecule has 10 rings (SSSR count). The van der Waals surface area contributed by atoms with Crippen molar-refractivity contribution in [3.8, 4) is 28.1 Å². The van der Waals surface area contributed by atoms with Crippen LogP contribution in [0.3, 0.4) is 0 Å². The van der Waals surface area contributed by atoms with Gasteiger partial charge in [0.2, 0.25) is 11.8 Å². The van der Waals surface area contributed by atoms with Crippen LogP contribution in [0.2, 0.25) is 0 Å². The summed E-state index contributed by atoms with van der Waals surface area (Å²) in [6.07, 6.45) is 7.43. The second-order valence-corrected chi connectivity index (χ2v) is 18.9. The van der Waals surface area contributed by atoms with E-state index in [1.807, 2.05) is 36.8 Å². The predicted molar refractivity (Wildman–Crippen MR) is 242 cm³/mol. The van der Waals surface area contributed by atoms with Gasteiger partial charge in [0.25, 0.3) is 0 Å². The van der Waals surface area contributed by atoms with Crippen LogP contribution >= 0.6 is 0 Å². The third-order valence-electron chi connectivity index (χ3n) is 14.8. The molecule has 1 aliphatic carbocycles. The van der Waals surface area contributed by atoms with E-state index in [-0.39, 0.29) is 47.8 Å². The second kappa shape index (κ2) is 17.3. The highest BCUT2D eigenvalue weighted by Gasteiger charge is 2.50. The van der Waals surface area contributed by atoms with Crippen molar-refractivity contribution in [3.05, 3.63) is 65.9 Å². The number of imidazole rings is 2. The molecule has 2 aromatic heterocycles. The van der Waals surface area contributed by atoms with Gasteiger partial charge in [-0.3, -0.25) is 9.59 Å². The summed E-state index contributed by atoms with van der Waals surface area (Å²) < 4.78 is 21.9. The average Bonchev–Trinajstić information content (AvgIpc) is 4.18. The lowest BCUT2D eigenvalue weighted by atomic mass is 9.90. The van der Waals surface area contributed by atoms with Crippen LogP contribution in [0, 0.1) is 17.8 Å². The van der Waals surface area contributed by atoms with E-state index in [0.717, 1.165) is 99.9 Å². The van der Waals surface area contributed by atoms with Gasteiger partial charge in [0.1, 0.15) is 36.1 Å². The zero-order valence-corrected chi connectivity index (χ0v) is 37.6. The maximum Gasteiger partial charge on any atom is 0.407 e. The Kier molecular flexibility index (Phi) is 11.4. The maximum absolute atomic E-state index is 14.7. The van der Waals surface area contributed by atoms with Crippen molar-refractivity contribution in [2.45, 2.75) is 115 Å². The molecule has 342 valence electrons. The number of likely N-dealkylation sites (tertiary alicyclic amines) is 2. The van der Waals surface area contributed by atoms with Crippen LogP contribution < -0.4 is 15.4 Å². The monoisotopic (exact) mass is 886 g/mol. The number of carbonyl (C=O) groups excluding carboxylic acids is 4. The number of aromatic nitrogens is 4. The highest BCUT2D eigenvalue weighted by atomic mass is 16.5. The van der Waals surface area contributed by atoms with Gasteiger partial charge in [-0.2, -0.15) is 0 Å². The van der Waals surface area contributed by atoms with Crippen molar-refractivity contribution in [1.29, 1.82) is 0 Å². The molecule has 5 aromatic rings.